The molecule has 3 aliphatic rings. The Morgan fingerprint density at radius 2 is 2.00 bits per heavy atom. The molecule has 5 heterocycles. The van der Waals surface area contributed by atoms with Gasteiger partial charge in [-0.3, -0.25) is 29.6 Å². The molecule has 40 heavy (non-hydrogen) atoms. The number of hydrogen-bond donors (Lipinski definition) is 2. The van der Waals surface area contributed by atoms with Crippen molar-refractivity contribution in [3.63, 3.8) is 0 Å². The average Bonchev–Trinajstić information content (AvgIpc) is 3.56. The molecule has 1 aromatic carbocycles. The highest BCUT2D eigenvalue weighted by atomic mass is 19.1. The summed E-state index contributed by atoms with van der Waals surface area (Å²) < 4.78 is 20.9. The second-order valence-corrected chi connectivity index (χ2v) is 11.4. The van der Waals surface area contributed by atoms with Gasteiger partial charge < -0.3 is 14.5 Å². The number of pyridine rings is 1. The molecule has 0 bridgehead atoms. The Hall–Kier alpha value is -4.03. The van der Waals surface area contributed by atoms with Gasteiger partial charge in [0.1, 0.15) is 17.6 Å². The highest BCUT2D eigenvalue weighted by Gasteiger charge is 2.51. The lowest BCUT2D eigenvalue weighted by molar-refractivity contribution is -0.137. The molecular weight excluding hydrogens is 519 g/mol. The van der Waals surface area contributed by atoms with E-state index in [1.165, 1.54) is 17.4 Å². The van der Waals surface area contributed by atoms with E-state index in [0.29, 0.717) is 31.2 Å². The molecule has 3 aliphatic heterocycles. The van der Waals surface area contributed by atoms with Crippen molar-refractivity contribution in [2.24, 2.45) is 5.41 Å². The van der Waals surface area contributed by atoms with Crippen LogP contribution < -0.4 is 5.32 Å². The van der Waals surface area contributed by atoms with Gasteiger partial charge in [0.25, 0.3) is 5.91 Å². The van der Waals surface area contributed by atoms with E-state index in [0.717, 1.165) is 5.56 Å². The number of halogens is 1. The molecule has 0 radical (unpaired) electrons. The van der Waals surface area contributed by atoms with Gasteiger partial charge in [-0.15, -0.1) is 0 Å². The number of carbonyl (C=O) groups is 3. The highest BCUT2D eigenvalue weighted by Crippen LogP contribution is 2.48. The van der Waals surface area contributed by atoms with E-state index < -0.39 is 34.7 Å². The van der Waals surface area contributed by atoms with Crippen molar-refractivity contribution in [1.82, 2.24) is 30.2 Å². The van der Waals surface area contributed by atoms with Gasteiger partial charge >= 0.3 is 0 Å². The van der Waals surface area contributed by atoms with Crippen LogP contribution in [0.15, 0.2) is 41.4 Å². The van der Waals surface area contributed by atoms with Crippen molar-refractivity contribution in [2.75, 3.05) is 13.1 Å². The van der Waals surface area contributed by atoms with Crippen molar-refractivity contribution in [3.05, 3.63) is 64.9 Å². The molecule has 2 saturated heterocycles. The Bertz CT molecular complexity index is 1490. The number of imide groups is 1. The van der Waals surface area contributed by atoms with E-state index in [2.05, 4.69) is 25.3 Å². The summed E-state index contributed by atoms with van der Waals surface area (Å²) in [7, 11) is 0. The lowest BCUT2D eigenvalue weighted by Crippen LogP contribution is -2.55. The van der Waals surface area contributed by atoms with Gasteiger partial charge in [0.2, 0.25) is 24.0 Å². The Balaban J connectivity index is 1.19. The second kappa shape index (κ2) is 9.56. The molecule has 2 fully saturated rings. The zero-order valence-electron chi connectivity index (χ0n) is 22.2. The van der Waals surface area contributed by atoms with Crippen LogP contribution in [0.4, 0.5) is 4.39 Å². The number of likely N-dealkylation sites (tertiary alicyclic amines) is 1. The van der Waals surface area contributed by atoms with Crippen LogP contribution in [-0.4, -0.2) is 66.9 Å². The number of rotatable bonds is 5. The molecule has 3 aromatic rings. The van der Waals surface area contributed by atoms with E-state index in [1.807, 2.05) is 26.0 Å². The van der Waals surface area contributed by atoms with Crippen molar-refractivity contribution in [3.8, 4) is 11.5 Å². The summed E-state index contributed by atoms with van der Waals surface area (Å²) in [6.07, 6.45) is 3.60. The number of piperidine rings is 2. The monoisotopic (exact) mass is 548 g/mol. The van der Waals surface area contributed by atoms with Crippen molar-refractivity contribution in [1.29, 1.82) is 0 Å². The quantitative estimate of drug-likeness (QED) is 0.459. The van der Waals surface area contributed by atoms with Crippen molar-refractivity contribution >= 4 is 17.7 Å². The molecule has 2 unspecified atom stereocenters. The number of amides is 3. The SMILES string of the molecule is CC1(C)CN(Cc2ccc(-c3ncon3)nc2)CCC1(O)c1ccc2c(c1F)CN(C1CCC(=O)NC1=O)C2=O. The zero-order chi connectivity index (χ0) is 28.2. The predicted octanol–water partition coefficient (Wildman–Crippen LogP) is 2.15. The summed E-state index contributed by atoms with van der Waals surface area (Å²) in [5, 5.41) is 18.0. The first-order chi connectivity index (χ1) is 19.1. The minimum atomic E-state index is -1.48. The van der Waals surface area contributed by atoms with Crippen LogP contribution in [0.25, 0.3) is 11.5 Å². The van der Waals surface area contributed by atoms with Crippen LogP contribution in [0.3, 0.4) is 0 Å². The molecule has 208 valence electrons. The molecule has 11 nitrogen and oxygen atoms in total. The van der Waals surface area contributed by atoms with Gasteiger partial charge in [0.05, 0.1) is 12.1 Å². The Labute approximate surface area is 229 Å². The number of hydrogen-bond acceptors (Lipinski definition) is 9. The summed E-state index contributed by atoms with van der Waals surface area (Å²) in [5.74, 6) is -1.59. The van der Waals surface area contributed by atoms with Gasteiger partial charge in [-0.2, -0.15) is 4.98 Å². The third-order valence-corrected chi connectivity index (χ3v) is 8.44. The van der Waals surface area contributed by atoms with Gasteiger partial charge in [-0.1, -0.05) is 31.1 Å². The van der Waals surface area contributed by atoms with E-state index in [1.54, 1.807) is 12.3 Å². The molecular formula is C28H29FN6O5. The molecule has 2 atom stereocenters. The normalized spacial score (nSPS) is 24.8. The maximum Gasteiger partial charge on any atom is 0.255 e. The van der Waals surface area contributed by atoms with Gasteiger partial charge in [-0.05, 0) is 30.5 Å². The second-order valence-electron chi connectivity index (χ2n) is 11.4. The Morgan fingerprint density at radius 3 is 2.67 bits per heavy atom. The number of nitrogens with zero attached hydrogens (tertiary/aromatic N) is 5. The van der Waals surface area contributed by atoms with E-state index >= 15 is 4.39 Å². The van der Waals surface area contributed by atoms with Gasteiger partial charge in [0.15, 0.2) is 0 Å². The van der Waals surface area contributed by atoms with E-state index in [-0.39, 0.29) is 48.4 Å². The first-order valence-corrected chi connectivity index (χ1v) is 13.2. The van der Waals surface area contributed by atoms with Crippen LogP contribution in [-0.2, 0) is 28.3 Å². The Morgan fingerprint density at radius 1 is 1.18 bits per heavy atom. The minimum absolute atomic E-state index is 0.0877. The number of aliphatic hydroxyl groups is 1. The average molecular weight is 549 g/mol. The van der Waals surface area contributed by atoms with Crippen LogP contribution in [0.5, 0.6) is 0 Å². The first-order valence-electron chi connectivity index (χ1n) is 13.2. The summed E-state index contributed by atoms with van der Waals surface area (Å²) in [5.41, 5.74) is -0.122. The molecule has 0 saturated carbocycles. The minimum Gasteiger partial charge on any atom is -0.384 e. The standard InChI is InChI=1S/C28H29FN6O5/c1-27(2)14-34(12-16-3-6-20(30-11-16)24-31-15-40-33-24)10-9-28(27,39)19-5-4-17-18(23(19)29)13-35(26(17)38)21-7-8-22(36)32-25(21)37/h3-6,11,15,21,39H,7-10,12-14H2,1-2H3,(H,32,36,37). The fraction of sp³-hybridized carbons (Fsp3) is 0.429. The van der Waals surface area contributed by atoms with E-state index in [4.69, 9.17) is 4.52 Å². The van der Waals surface area contributed by atoms with Crippen molar-refractivity contribution in [2.45, 2.75) is 57.8 Å². The fourth-order valence-electron chi connectivity index (χ4n) is 6.18. The van der Waals surface area contributed by atoms with Crippen LogP contribution in [0.2, 0.25) is 0 Å². The van der Waals surface area contributed by atoms with E-state index in [9.17, 15) is 19.5 Å². The molecule has 0 spiro atoms. The molecule has 0 aliphatic carbocycles. The number of benzene rings is 1. The van der Waals surface area contributed by atoms with Gasteiger partial charge in [-0.25, -0.2) is 4.39 Å². The molecule has 3 amide bonds. The van der Waals surface area contributed by atoms with Crippen LogP contribution in [0, 0.1) is 11.2 Å². The zero-order valence-corrected chi connectivity index (χ0v) is 22.2. The maximum absolute atomic E-state index is 16.1. The van der Waals surface area contributed by atoms with Crippen LogP contribution >= 0.6 is 0 Å². The summed E-state index contributed by atoms with van der Waals surface area (Å²) in [6, 6.07) is 5.97. The summed E-state index contributed by atoms with van der Waals surface area (Å²) in [4.78, 5) is 48.9. The first kappa shape index (κ1) is 26.2. The highest BCUT2D eigenvalue weighted by molar-refractivity contribution is 6.05. The lowest BCUT2D eigenvalue weighted by atomic mass is 9.66. The maximum atomic E-state index is 16.1. The summed E-state index contributed by atoms with van der Waals surface area (Å²) in [6.45, 7) is 5.34. The van der Waals surface area contributed by atoms with Crippen molar-refractivity contribution < 1.29 is 28.4 Å². The molecule has 6 rings (SSSR count). The van der Waals surface area contributed by atoms with Gasteiger partial charge in [0, 0.05) is 54.4 Å². The lowest BCUT2D eigenvalue weighted by Gasteiger charge is -2.50. The number of carbonyl (C=O) groups excluding carboxylic acids is 3. The summed E-state index contributed by atoms with van der Waals surface area (Å²) >= 11 is 0. The fourth-order valence-corrected chi connectivity index (χ4v) is 6.18. The molecule has 2 N–H and O–H groups in total. The number of fused-ring (bicyclic) bond motifs is 1. The topological polar surface area (TPSA) is 142 Å². The smallest absolute Gasteiger partial charge is 0.255 e. The largest absolute Gasteiger partial charge is 0.384 e. The Kier molecular flexibility index (Phi) is 6.26. The molecule has 12 heteroatoms. The number of aromatic nitrogens is 3. The third kappa shape index (κ3) is 4.27. The molecule has 2 aromatic heterocycles. The van der Waals surface area contributed by atoms with Crippen LogP contribution in [0.1, 0.15) is 60.2 Å². The predicted molar refractivity (Wildman–Crippen MR) is 138 cm³/mol. The third-order valence-electron chi connectivity index (χ3n) is 8.44. The number of nitrogens with one attached hydrogen (secondary N) is 1.